The van der Waals surface area contributed by atoms with Crippen LogP contribution in [0.3, 0.4) is 0 Å². The molecule has 0 bridgehead atoms. The van der Waals surface area contributed by atoms with Gasteiger partial charge in [0, 0.05) is 23.2 Å². The second-order valence-electron chi connectivity index (χ2n) is 7.64. The van der Waals surface area contributed by atoms with Crippen molar-refractivity contribution >= 4 is 51.2 Å². The van der Waals surface area contributed by atoms with Crippen LogP contribution >= 0.6 is 27.7 Å². The third kappa shape index (κ3) is 5.49. The summed E-state index contributed by atoms with van der Waals surface area (Å²) in [7, 11) is 0. The molecule has 2 heterocycles. The van der Waals surface area contributed by atoms with Crippen LogP contribution in [0.15, 0.2) is 65.9 Å². The number of thioether (sulfide) groups is 1. The maximum absolute atomic E-state index is 12.9. The number of esters is 1. The molecule has 182 valence electrons. The summed E-state index contributed by atoms with van der Waals surface area (Å²) in [4.78, 5) is 49.8. The first kappa shape index (κ1) is 24.7. The number of amides is 2. The number of carbonyl (C=O) groups excluding carboxylic acids is 3. The van der Waals surface area contributed by atoms with Crippen LogP contribution in [0.4, 0.5) is 5.69 Å². The second-order valence-corrected chi connectivity index (χ2v) is 9.31. The van der Waals surface area contributed by atoms with Crippen molar-refractivity contribution < 1.29 is 28.8 Å². The number of para-hydroxylation sites is 1. The molecule has 4 rings (SSSR count). The summed E-state index contributed by atoms with van der Waals surface area (Å²) in [6, 6.07) is 13.7. The molecule has 0 unspecified atom stereocenters. The lowest BCUT2D eigenvalue weighted by molar-refractivity contribution is -0.384. The lowest BCUT2D eigenvalue weighted by atomic mass is 10.0. The number of rotatable bonds is 9. The van der Waals surface area contributed by atoms with Crippen molar-refractivity contribution in [3.8, 4) is 5.75 Å². The topological polar surface area (TPSA) is 128 Å². The molecule has 10 nitrogen and oxygen atoms in total. The predicted octanol–water partition coefficient (Wildman–Crippen LogP) is 2.77. The molecular weight excluding hydrogens is 542 g/mol. The largest absolute Gasteiger partial charge is 0.484 e. The first-order chi connectivity index (χ1) is 16.9. The van der Waals surface area contributed by atoms with Crippen molar-refractivity contribution in [3.05, 3.63) is 81.5 Å². The lowest BCUT2D eigenvalue weighted by Gasteiger charge is -2.49. The average Bonchev–Trinajstić information content (AvgIpc) is 2.88. The standard InChI is InChI=1S/C23H20BrN3O7S/c24-10-15-13-35-22-19(25-18(28)12-33-17-4-2-1-3-5-17)21(29)26(22)20(15)23(30)34-11-14-6-8-16(9-7-14)27(31)32/h1-9,19,22H,10-13H2,(H,25,28)/t19-,22-/m1/s1. The molecule has 0 aromatic heterocycles. The van der Waals surface area contributed by atoms with Crippen LogP contribution in [0.2, 0.25) is 0 Å². The minimum absolute atomic E-state index is 0.0649. The van der Waals surface area contributed by atoms with Crippen molar-refractivity contribution in [2.24, 2.45) is 0 Å². The van der Waals surface area contributed by atoms with E-state index in [1.807, 2.05) is 6.07 Å². The molecule has 2 aliphatic rings. The molecule has 1 N–H and O–H groups in total. The van der Waals surface area contributed by atoms with Gasteiger partial charge in [-0.1, -0.05) is 34.1 Å². The van der Waals surface area contributed by atoms with E-state index in [2.05, 4.69) is 21.2 Å². The number of nitro benzene ring substituents is 1. The molecule has 2 atom stereocenters. The average molecular weight is 562 g/mol. The van der Waals surface area contributed by atoms with E-state index in [0.29, 0.717) is 28.0 Å². The van der Waals surface area contributed by atoms with Crippen LogP contribution in [0.1, 0.15) is 5.56 Å². The summed E-state index contributed by atoms with van der Waals surface area (Å²) in [6.45, 7) is -0.343. The van der Waals surface area contributed by atoms with Crippen LogP contribution in [0, 0.1) is 10.1 Å². The van der Waals surface area contributed by atoms with Crippen molar-refractivity contribution in [2.45, 2.75) is 18.0 Å². The molecule has 0 spiro atoms. The minimum Gasteiger partial charge on any atom is -0.484 e. The number of nitro groups is 1. The highest BCUT2D eigenvalue weighted by atomic mass is 79.9. The Morgan fingerprint density at radius 2 is 1.89 bits per heavy atom. The number of halogens is 1. The van der Waals surface area contributed by atoms with Crippen molar-refractivity contribution in [1.82, 2.24) is 10.2 Å². The Labute approximate surface area is 212 Å². The number of fused-ring (bicyclic) bond motifs is 1. The number of alkyl halides is 1. The van der Waals surface area contributed by atoms with E-state index >= 15 is 0 Å². The number of ether oxygens (including phenoxy) is 2. The molecule has 0 saturated carbocycles. The first-order valence-corrected chi connectivity index (χ1v) is 12.7. The third-order valence-electron chi connectivity index (χ3n) is 5.35. The summed E-state index contributed by atoms with van der Waals surface area (Å²) in [5.74, 6) is -0.497. The number of nitrogens with zero attached hydrogens (tertiary/aromatic N) is 2. The van der Waals surface area contributed by atoms with Gasteiger partial charge in [-0.25, -0.2) is 4.79 Å². The Balaban J connectivity index is 1.37. The van der Waals surface area contributed by atoms with Crippen molar-refractivity contribution in [2.75, 3.05) is 17.7 Å². The number of benzene rings is 2. The zero-order valence-corrected chi connectivity index (χ0v) is 20.6. The van der Waals surface area contributed by atoms with Crippen LogP contribution < -0.4 is 10.1 Å². The Hall–Kier alpha value is -3.38. The third-order valence-corrected chi connectivity index (χ3v) is 7.37. The summed E-state index contributed by atoms with van der Waals surface area (Å²) >= 11 is 4.80. The van der Waals surface area contributed by atoms with E-state index in [9.17, 15) is 24.5 Å². The zero-order valence-electron chi connectivity index (χ0n) is 18.2. The van der Waals surface area contributed by atoms with Crippen LogP contribution in [-0.2, 0) is 25.7 Å². The highest BCUT2D eigenvalue weighted by Crippen LogP contribution is 2.41. The molecule has 35 heavy (non-hydrogen) atoms. The van der Waals surface area contributed by atoms with Crippen molar-refractivity contribution in [3.63, 3.8) is 0 Å². The molecule has 2 aromatic carbocycles. The second kappa shape index (κ2) is 10.9. The maximum Gasteiger partial charge on any atom is 0.355 e. The monoisotopic (exact) mass is 561 g/mol. The van der Waals surface area contributed by atoms with Crippen LogP contribution in [-0.4, -0.2) is 56.7 Å². The molecule has 12 heteroatoms. The molecule has 2 aromatic rings. The highest BCUT2D eigenvalue weighted by Gasteiger charge is 2.54. The van der Waals surface area contributed by atoms with E-state index in [1.54, 1.807) is 24.3 Å². The fraction of sp³-hybridized carbons (Fsp3) is 0.261. The fourth-order valence-electron chi connectivity index (χ4n) is 3.59. The number of non-ortho nitro benzene ring substituents is 1. The van der Waals surface area contributed by atoms with Gasteiger partial charge in [0.05, 0.1) is 4.92 Å². The van der Waals surface area contributed by atoms with E-state index in [4.69, 9.17) is 9.47 Å². The first-order valence-electron chi connectivity index (χ1n) is 10.5. The van der Waals surface area contributed by atoms with Gasteiger partial charge in [0.15, 0.2) is 6.61 Å². The maximum atomic E-state index is 12.9. The summed E-state index contributed by atoms with van der Waals surface area (Å²) < 4.78 is 10.8. The highest BCUT2D eigenvalue weighted by molar-refractivity contribution is 9.09. The normalized spacial score (nSPS) is 18.9. The van der Waals surface area contributed by atoms with Crippen molar-refractivity contribution in [1.29, 1.82) is 0 Å². The quantitative estimate of drug-likeness (QED) is 0.163. The SMILES string of the molecule is O=C(COc1ccccc1)N[C@@H]1C(=O)N2C(C(=O)OCc3ccc([N+](=O)[O-])cc3)=C(CBr)CS[C@H]12. The van der Waals surface area contributed by atoms with Crippen LogP contribution in [0.25, 0.3) is 0 Å². The molecule has 0 aliphatic carbocycles. The van der Waals surface area contributed by atoms with Gasteiger partial charge < -0.3 is 14.8 Å². The summed E-state index contributed by atoms with van der Waals surface area (Å²) in [5.41, 5.74) is 1.36. The number of nitrogens with one attached hydrogen (secondary N) is 1. The lowest BCUT2D eigenvalue weighted by Crippen LogP contribution is -2.71. The van der Waals surface area contributed by atoms with Crippen LogP contribution in [0.5, 0.6) is 5.75 Å². The fourth-order valence-corrected chi connectivity index (χ4v) is 5.66. The van der Waals surface area contributed by atoms with Gasteiger partial charge in [-0.2, -0.15) is 0 Å². The van der Waals surface area contributed by atoms with Gasteiger partial charge in [-0.15, -0.1) is 11.8 Å². The molecular formula is C23H20BrN3O7S. The molecule has 1 saturated heterocycles. The smallest absolute Gasteiger partial charge is 0.355 e. The van der Waals surface area contributed by atoms with Gasteiger partial charge in [0.1, 0.15) is 29.5 Å². The Bertz CT molecular complexity index is 1170. The number of hydrogen-bond acceptors (Lipinski definition) is 8. The van der Waals surface area contributed by atoms with Gasteiger partial charge in [-0.3, -0.25) is 24.6 Å². The Morgan fingerprint density at radius 1 is 1.17 bits per heavy atom. The number of β-lactam (4-membered cyclic amide) rings is 1. The zero-order chi connectivity index (χ0) is 24.9. The van der Waals surface area contributed by atoms with E-state index < -0.39 is 34.1 Å². The Kier molecular flexibility index (Phi) is 7.71. The molecule has 2 aliphatic heterocycles. The summed E-state index contributed by atoms with van der Waals surface area (Å²) in [5, 5.41) is 13.4. The van der Waals surface area contributed by atoms with Gasteiger partial charge >= 0.3 is 5.97 Å². The summed E-state index contributed by atoms with van der Waals surface area (Å²) in [6.07, 6.45) is 0. The molecule has 1 fully saturated rings. The van der Waals surface area contributed by atoms with Gasteiger partial charge in [0.25, 0.3) is 17.5 Å². The van der Waals surface area contributed by atoms with Gasteiger partial charge in [0.2, 0.25) is 0 Å². The van der Waals surface area contributed by atoms with Gasteiger partial charge in [-0.05, 0) is 35.4 Å². The minimum atomic E-state index is -0.777. The Morgan fingerprint density at radius 3 is 2.54 bits per heavy atom. The van der Waals surface area contributed by atoms with E-state index in [1.165, 1.54) is 40.9 Å². The number of carbonyl (C=O) groups is 3. The molecule has 2 amide bonds. The molecule has 0 radical (unpaired) electrons. The number of hydrogen-bond donors (Lipinski definition) is 1. The van der Waals surface area contributed by atoms with E-state index in [-0.39, 0.29) is 24.6 Å². The predicted molar refractivity (Wildman–Crippen MR) is 131 cm³/mol. The van der Waals surface area contributed by atoms with E-state index in [0.717, 1.165) is 0 Å².